The summed E-state index contributed by atoms with van der Waals surface area (Å²) < 4.78 is 0. The van der Waals surface area contributed by atoms with E-state index < -0.39 is 5.91 Å². The second kappa shape index (κ2) is 5.78. The molecule has 2 aromatic rings. The van der Waals surface area contributed by atoms with E-state index in [1.165, 1.54) is 11.1 Å². The number of hydrogen-bond acceptors (Lipinski definition) is 2. The zero-order chi connectivity index (χ0) is 14.8. The standard InChI is InChI=1S/C17H17ClN2O/c18-14-9-8-12(17(19)21)10-16(14)20-15-7-3-5-11-4-1-2-6-13(11)15/h1-2,4,6,8-10,15,20H,3,5,7H2,(H2,19,21). The lowest BCUT2D eigenvalue weighted by molar-refractivity contribution is 0.100. The average Bonchev–Trinajstić information content (AvgIpc) is 2.49. The first-order chi connectivity index (χ1) is 10.1. The molecule has 1 unspecified atom stereocenters. The molecule has 0 aliphatic heterocycles. The zero-order valence-electron chi connectivity index (χ0n) is 11.6. The van der Waals surface area contributed by atoms with Gasteiger partial charge in [0.2, 0.25) is 5.91 Å². The maximum atomic E-state index is 11.3. The summed E-state index contributed by atoms with van der Waals surface area (Å²) in [5.74, 6) is -0.446. The number of anilines is 1. The van der Waals surface area contributed by atoms with Crippen LogP contribution in [0.1, 0.15) is 40.4 Å². The molecule has 0 fully saturated rings. The summed E-state index contributed by atoms with van der Waals surface area (Å²) in [5, 5.41) is 4.06. The lowest BCUT2D eigenvalue weighted by Crippen LogP contribution is -2.18. The fourth-order valence-corrected chi connectivity index (χ4v) is 3.05. The van der Waals surface area contributed by atoms with Gasteiger partial charge in [0.25, 0.3) is 0 Å². The quantitative estimate of drug-likeness (QED) is 0.902. The Morgan fingerprint density at radius 1 is 1.24 bits per heavy atom. The number of fused-ring (bicyclic) bond motifs is 1. The summed E-state index contributed by atoms with van der Waals surface area (Å²) in [7, 11) is 0. The zero-order valence-corrected chi connectivity index (χ0v) is 12.4. The van der Waals surface area contributed by atoms with Crippen LogP contribution in [0, 0.1) is 0 Å². The average molecular weight is 301 g/mol. The summed E-state index contributed by atoms with van der Waals surface area (Å²) in [5.41, 5.74) is 9.24. The molecular weight excluding hydrogens is 284 g/mol. The minimum atomic E-state index is -0.446. The van der Waals surface area contributed by atoms with Gasteiger partial charge in [-0.25, -0.2) is 0 Å². The number of primary amides is 1. The maximum absolute atomic E-state index is 11.3. The van der Waals surface area contributed by atoms with Gasteiger partial charge in [-0.15, -0.1) is 0 Å². The van der Waals surface area contributed by atoms with Crippen molar-refractivity contribution in [2.24, 2.45) is 5.73 Å². The first-order valence-corrected chi connectivity index (χ1v) is 7.46. The Morgan fingerprint density at radius 2 is 2.05 bits per heavy atom. The fraction of sp³-hybridized carbons (Fsp3) is 0.235. The van der Waals surface area contributed by atoms with Crippen molar-refractivity contribution in [1.29, 1.82) is 0 Å². The predicted molar refractivity (Wildman–Crippen MR) is 85.7 cm³/mol. The normalized spacial score (nSPS) is 17.1. The minimum absolute atomic E-state index is 0.218. The second-order valence-electron chi connectivity index (χ2n) is 5.35. The molecule has 4 heteroatoms. The van der Waals surface area contributed by atoms with Crippen LogP contribution < -0.4 is 11.1 Å². The van der Waals surface area contributed by atoms with Crippen LogP contribution in [0.3, 0.4) is 0 Å². The third kappa shape index (κ3) is 2.88. The van der Waals surface area contributed by atoms with E-state index in [-0.39, 0.29) is 6.04 Å². The Labute approximate surface area is 129 Å². The van der Waals surface area contributed by atoms with Crippen LogP contribution in [0.5, 0.6) is 0 Å². The van der Waals surface area contributed by atoms with Crippen molar-refractivity contribution >= 4 is 23.2 Å². The molecule has 0 bridgehead atoms. The van der Waals surface area contributed by atoms with E-state index in [0.717, 1.165) is 24.9 Å². The Morgan fingerprint density at radius 3 is 2.86 bits per heavy atom. The van der Waals surface area contributed by atoms with Crippen molar-refractivity contribution in [2.75, 3.05) is 5.32 Å². The molecular formula is C17H17ClN2O. The van der Waals surface area contributed by atoms with Crippen molar-refractivity contribution in [3.05, 3.63) is 64.2 Å². The Kier molecular flexibility index (Phi) is 3.84. The van der Waals surface area contributed by atoms with E-state index in [4.69, 9.17) is 17.3 Å². The molecule has 1 aliphatic carbocycles. The van der Waals surface area contributed by atoms with Gasteiger partial charge in [0.05, 0.1) is 16.8 Å². The fourth-order valence-electron chi connectivity index (χ4n) is 2.88. The van der Waals surface area contributed by atoms with Gasteiger partial charge in [-0.1, -0.05) is 35.9 Å². The number of amides is 1. The molecule has 1 amide bonds. The molecule has 1 aliphatic rings. The van der Waals surface area contributed by atoms with E-state index in [1.807, 2.05) is 0 Å². The lowest BCUT2D eigenvalue weighted by atomic mass is 9.87. The molecule has 108 valence electrons. The molecule has 0 radical (unpaired) electrons. The molecule has 0 saturated carbocycles. The summed E-state index contributed by atoms with van der Waals surface area (Å²) in [4.78, 5) is 11.3. The van der Waals surface area contributed by atoms with Gasteiger partial charge >= 0.3 is 0 Å². The summed E-state index contributed by atoms with van der Waals surface area (Å²) in [6.07, 6.45) is 3.30. The van der Waals surface area contributed by atoms with Crippen molar-refractivity contribution < 1.29 is 4.79 Å². The molecule has 0 heterocycles. The van der Waals surface area contributed by atoms with Crippen molar-refractivity contribution in [1.82, 2.24) is 0 Å². The predicted octanol–water partition coefficient (Wildman–Crippen LogP) is 3.93. The number of nitrogens with one attached hydrogen (secondary N) is 1. The number of aryl methyl sites for hydroxylation is 1. The Hall–Kier alpha value is -2.00. The minimum Gasteiger partial charge on any atom is -0.377 e. The number of nitrogens with two attached hydrogens (primary N) is 1. The highest BCUT2D eigenvalue weighted by atomic mass is 35.5. The molecule has 3 nitrogen and oxygen atoms in total. The Bertz CT molecular complexity index is 684. The van der Waals surface area contributed by atoms with Gasteiger partial charge in [0, 0.05) is 5.56 Å². The third-order valence-electron chi connectivity index (χ3n) is 3.95. The Balaban J connectivity index is 1.91. The number of carbonyl (C=O) groups excluding carboxylic acids is 1. The van der Waals surface area contributed by atoms with Crippen LogP contribution in [0.4, 0.5) is 5.69 Å². The van der Waals surface area contributed by atoms with Gasteiger partial charge in [0.15, 0.2) is 0 Å². The molecule has 3 N–H and O–H groups in total. The number of hydrogen-bond donors (Lipinski definition) is 2. The third-order valence-corrected chi connectivity index (χ3v) is 4.28. The van der Waals surface area contributed by atoms with Crippen LogP contribution in [0.2, 0.25) is 5.02 Å². The summed E-state index contributed by atoms with van der Waals surface area (Å²) in [6, 6.07) is 13.7. The number of halogens is 1. The van der Waals surface area contributed by atoms with Gasteiger partial charge < -0.3 is 11.1 Å². The van der Waals surface area contributed by atoms with E-state index in [0.29, 0.717) is 10.6 Å². The second-order valence-corrected chi connectivity index (χ2v) is 5.75. The molecule has 0 saturated heterocycles. The van der Waals surface area contributed by atoms with E-state index in [2.05, 4.69) is 29.6 Å². The first-order valence-electron chi connectivity index (χ1n) is 7.09. The van der Waals surface area contributed by atoms with E-state index in [1.54, 1.807) is 18.2 Å². The van der Waals surface area contributed by atoms with E-state index in [9.17, 15) is 4.79 Å². The molecule has 0 aromatic heterocycles. The highest BCUT2D eigenvalue weighted by molar-refractivity contribution is 6.33. The summed E-state index contributed by atoms with van der Waals surface area (Å²) in [6.45, 7) is 0. The molecule has 2 aromatic carbocycles. The summed E-state index contributed by atoms with van der Waals surface area (Å²) >= 11 is 6.23. The molecule has 21 heavy (non-hydrogen) atoms. The SMILES string of the molecule is NC(=O)c1ccc(Cl)c(NC2CCCc3ccccc32)c1. The first kappa shape index (κ1) is 14.0. The van der Waals surface area contributed by atoms with Crippen LogP contribution in [-0.4, -0.2) is 5.91 Å². The molecule has 0 spiro atoms. The van der Waals surface area contributed by atoms with E-state index >= 15 is 0 Å². The topological polar surface area (TPSA) is 55.1 Å². The monoisotopic (exact) mass is 300 g/mol. The van der Waals surface area contributed by atoms with Crippen molar-refractivity contribution in [3.63, 3.8) is 0 Å². The number of rotatable bonds is 3. The van der Waals surface area contributed by atoms with Gasteiger partial charge in [0.1, 0.15) is 0 Å². The smallest absolute Gasteiger partial charge is 0.248 e. The van der Waals surface area contributed by atoms with Crippen molar-refractivity contribution in [3.8, 4) is 0 Å². The molecule has 3 rings (SSSR count). The highest BCUT2D eigenvalue weighted by Crippen LogP contribution is 2.34. The number of carbonyl (C=O) groups is 1. The largest absolute Gasteiger partial charge is 0.377 e. The number of benzene rings is 2. The van der Waals surface area contributed by atoms with Gasteiger partial charge in [-0.05, 0) is 48.6 Å². The van der Waals surface area contributed by atoms with Crippen LogP contribution in [-0.2, 0) is 6.42 Å². The van der Waals surface area contributed by atoms with Gasteiger partial charge in [-0.2, -0.15) is 0 Å². The van der Waals surface area contributed by atoms with Crippen molar-refractivity contribution in [2.45, 2.75) is 25.3 Å². The van der Waals surface area contributed by atoms with Crippen LogP contribution in [0.15, 0.2) is 42.5 Å². The van der Waals surface area contributed by atoms with Crippen LogP contribution >= 0.6 is 11.6 Å². The lowest BCUT2D eigenvalue weighted by Gasteiger charge is -2.27. The molecule has 1 atom stereocenters. The van der Waals surface area contributed by atoms with Crippen LogP contribution in [0.25, 0.3) is 0 Å². The maximum Gasteiger partial charge on any atom is 0.248 e. The highest BCUT2D eigenvalue weighted by Gasteiger charge is 2.20. The van der Waals surface area contributed by atoms with Gasteiger partial charge in [-0.3, -0.25) is 4.79 Å².